The van der Waals surface area contributed by atoms with Gasteiger partial charge < -0.3 is 10.4 Å². The lowest BCUT2D eigenvalue weighted by atomic mass is 10.1. The number of nitrogens with zero attached hydrogens (tertiary/aromatic N) is 3. The summed E-state index contributed by atoms with van der Waals surface area (Å²) in [6.07, 6.45) is 1.31. The maximum absolute atomic E-state index is 12.7. The van der Waals surface area contributed by atoms with Crippen LogP contribution in [0.15, 0.2) is 24.5 Å². The van der Waals surface area contributed by atoms with Crippen LogP contribution in [0.25, 0.3) is 10.2 Å². The SMILES string of the molecule is Cc1cccc(Cl)c1N1C(=O)Nc2c(C(=O)O)sc3ncnc1c23. The van der Waals surface area contributed by atoms with Crippen LogP contribution in [0.5, 0.6) is 0 Å². The van der Waals surface area contributed by atoms with E-state index < -0.39 is 12.0 Å². The number of anilines is 3. The molecular weight excluding hydrogens is 352 g/mol. The van der Waals surface area contributed by atoms with Gasteiger partial charge in [-0.3, -0.25) is 0 Å². The standard InChI is InChI=1S/C15H9ClN4O3S/c1-6-3-2-4-7(16)10(6)20-12-8-9(19-15(20)23)11(14(21)22)24-13(8)18-5-17-12/h2-5H,1H3,(H,19,23)(H,21,22). The number of amides is 2. The highest BCUT2D eigenvalue weighted by molar-refractivity contribution is 7.21. The number of aryl methyl sites for hydroxylation is 1. The first-order chi connectivity index (χ1) is 11.5. The average Bonchev–Trinajstić information content (AvgIpc) is 2.90. The van der Waals surface area contributed by atoms with Gasteiger partial charge in [-0.25, -0.2) is 24.5 Å². The number of nitrogens with one attached hydrogen (secondary N) is 1. The summed E-state index contributed by atoms with van der Waals surface area (Å²) in [5.41, 5.74) is 1.52. The van der Waals surface area contributed by atoms with Gasteiger partial charge in [-0.2, -0.15) is 0 Å². The lowest BCUT2D eigenvalue weighted by Crippen LogP contribution is -2.35. The molecular formula is C15H9ClN4O3S. The van der Waals surface area contributed by atoms with Crippen LogP contribution < -0.4 is 10.2 Å². The van der Waals surface area contributed by atoms with E-state index in [-0.39, 0.29) is 10.6 Å². The van der Waals surface area contributed by atoms with E-state index >= 15 is 0 Å². The van der Waals surface area contributed by atoms with Gasteiger partial charge in [0.05, 0.1) is 21.8 Å². The van der Waals surface area contributed by atoms with Crippen LogP contribution in [0.2, 0.25) is 5.02 Å². The number of benzene rings is 1. The molecule has 1 aliphatic heterocycles. The summed E-state index contributed by atoms with van der Waals surface area (Å²) in [7, 11) is 0. The molecule has 3 aromatic rings. The number of hydrogen-bond donors (Lipinski definition) is 2. The Morgan fingerprint density at radius 1 is 1.38 bits per heavy atom. The van der Waals surface area contributed by atoms with E-state index in [9.17, 15) is 14.7 Å². The fourth-order valence-corrected chi connectivity index (χ4v) is 3.97. The third-order valence-electron chi connectivity index (χ3n) is 3.72. The van der Waals surface area contributed by atoms with Crippen LogP contribution in [0.3, 0.4) is 0 Å². The zero-order valence-corrected chi connectivity index (χ0v) is 13.8. The number of carboxylic acids is 1. The quantitative estimate of drug-likeness (QED) is 0.719. The van der Waals surface area contributed by atoms with Crippen molar-refractivity contribution >= 4 is 62.3 Å². The van der Waals surface area contributed by atoms with Gasteiger partial charge in [-0.1, -0.05) is 23.7 Å². The predicted octanol–water partition coefficient (Wildman–Crippen LogP) is 4.03. The minimum Gasteiger partial charge on any atom is -0.477 e. The van der Waals surface area contributed by atoms with Crippen LogP contribution in [0, 0.1) is 6.92 Å². The van der Waals surface area contributed by atoms with Crippen LogP contribution in [-0.2, 0) is 0 Å². The minimum atomic E-state index is -1.12. The van der Waals surface area contributed by atoms with Gasteiger partial charge in [0.2, 0.25) is 0 Å². The summed E-state index contributed by atoms with van der Waals surface area (Å²) in [6, 6.07) is 4.79. The first-order valence-electron chi connectivity index (χ1n) is 6.86. The molecule has 0 spiro atoms. The molecule has 9 heteroatoms. The molecule has 0 bridgehead atoms. The summed E-state index contributed by atoms with van der Waals surface area (Å²) in [6.45, 7) is 1.83. The van der Waals surface area contributed by atoms with Crippen molar-refractivity contribution in [3.8, 4) is 0 Å². The molecule has 3 heterocycles. The third kappa shape index (κ3) is 1.97. The second-order valence-electron chi connectivity index (χ2n) is 5.16. The maximum atomic E-state index is 12.7. The summed E-state index contributed by atoms with van der Waals surface area (Å²) < 4.78 is 0. The molecule has 4 rings (SSSR count). The number of carbonyl (C=O) groups excluding carboxylic acids is 1. The highest BCUT2D eigenvalue weighted by Crippen LogP contribution is 2.46. The number of urea groups is 1. The van der Waals surface area contributed by atoms with E-state index in [2.05, 4.69) is 15.3 Å². The summed E-state index contributed by atoms with van der Waals surface area (Å²) >= 11 is 7.28. The number of para-hydroxylation sites is 1. The zero-order chi connectivity index (χ0) is 17.0. The summed E-state index contributed by atoms with van der Waals surface area (Å²) in [5.74, 6) is -0.805. The lowest BCUT2D eigenvalue weighted by Gasteiger charge is -2.28. The normalized spacial score (nSPS) is 13.2. The largest absolute Gasteiger partial charge is 0.477 e. The Morgan fingerprint density at radius 3 is 2.88 bits per heavy atom. The Kier molecular flexibility index (Phi) is 3.19. The Hall–Kier alpha value is -2.71. The van der Waals surface area contributed by atoms with E-state index in [0.717, 1.165) is 16.9 Å². The van der Waals surface area contributed by atoms with Crippen molar-refractivity contribution in [3.05, 3.63) is 40.0 Å². The number of carbonyl (C=O) groups is 2. The highest BCUT2D eigenvalue weighted by Gasteiger charge is 2.35. The molecule has 1 aromatic carbocycles. The first-order valence-corrected chi connectivity index (χ1v) is 8.05. The second-order valence-corrected chi connectivity index (χ2v) is 6.57. The van der Waals surface area contributed by atoms with Crippen molar-refractivity contribution in [2.24, 2.45) is 0 Å². The van der Waals surface area contributed by atoms with Gasteiger partial charge in [0, 0.05) is 0 Å². The summed E-state index contributed by atoms with van der Waals surface area (Å²) in [4.78, 5) is 34.3. The van der Waals surface area contributed by atoms with Gasteiger partial charge in [0.25, 0.3) is 0 Å². The molecule has 24 heavy (non-hydrogen) atoms. The molecule has 0 unspecified atom stereocenters. The lowest BCUT2D eigenvalue weighted by molar-refractivity contribution is 0.0703. The molecule has 0 atom stereocenters. The number of carboxylic acid groups (broad SMARTS) is 1. The number of thiophene rings is 1. The zero-order valence-electron chi connectivity index (χ0n) is 12.2. The summed E-state index contributed by atoms with van der Waals surface area (Å²) in [5, 5.41) is 12.9. The van der Waals surface area contributed by atoms with Crippen molar-refractivity contribution in [3.63, 3.8) is 0 Å². The molecule has 0 saturated heterocycles. The molecule has 0 aliphatic carbocycles. The molecule has 2 N–H and O–H groups in total. The molecule has 2 amide bonds. The van der Waals surface area contributed by atoms with Crippen molar-refractivity contribution in [1.29, 1.82) is 0 Å². The second kappa shape index (κ2) is 5.15. The third-order valence-corrected chi connectivity index (χ3v) is 5.11. The van der Waals surface area contributed by atoms with Crippen molar-refractivity contribution in [2.75, 3.05) is 10.2 Å². The average molecular weight is 361 g/mol. The van der Waals surface area contributed by atoms with E-state index in [1.807, 2.05) is 13.0 Å². The van der Waals surface area contributed by atoms with Crippen molar-refractivity contribution in [1.82, 2.24) is 9.97 Å². The fourth-order valence-electron chi connectivity index (χ4n) is 2.73. The number of aromatic carboxylic acids is 1. The van der Waals surface area contributed by atoms with Gasteiger partial charge in [-0.15, -0.1) is 11.3 Å². The smallest absolute Gasteiger partial charge is 0.348 e. The molecule has 0 fully saturated rings. The number of rotatable bonds is 2. The minimum absolute atomic E-state index is 0.0237. The van der Waals surface area contributed by atoms with E-state index in [1.54, 1.807) is 12.1 Å². The molecule has 120 valence electrons. The van der Waals surface area contributed by atoms with Gasteiger partial charge >= 0.3 is 12.0 Å². The van der Waals surface area contributed by atoms with Crippen molar-refractivity contribution in [2.45, 2.75) is 6.92 Å². The fraction of sp³-hybridized carbons (Fsp3) is 0.0667. The van der Waals surface area contributed by atoms with E-state index in [4.69, 9.17) is 11.6 Å². The molecule has 0 radical (unpaired) electrons. The van der Waals surface area contributed by atoms with Crippen LogP contribution in [0.1, 0.15) is 15.2 Å². The Morgan fingerprint density at radius 2 is 2.17 bits per heavy atom. The van der Waals surface area contributed by atoms with Gasteiger partial charge in [0.1, 0.15) is 16.0 Å². The van der Waals surface area contributed by atoms with Gasteiger partial charge in [-0.05, 0) is 18.6 Å². The topological polar surface area (TPSA) is 95.4 Å². The molecule has 1 aliphatic rings. The number of halogens is 1. The van der Waals surface area contributed by atoms with E-state index in [0.29, 0.717) is 26.7 Å². The highest BCUT2D eigenvalue weighted by atomic mass is 35.5. The number of hydrogen-bond acceptors (Lipinski definition) is 5. The van der Waals surface area contributed by atoms with Crippen LogP contribution in [-0.4, -0.2) is 27.1 Å². The Labute approximate surface area is 144 Å². The molecule has 2 aromatic heterocycles. The molecule has 7 nitrogen and oxygen atoms in total. The van der Waals surface area contributed by atoms with Gasteiger partial charge in [0.15, 0.2) is 5.82 Å². The maximum Gasteiger partial charge on any atom is 0.348 e. The van der Waals surface area contributed by atoms with E-state index in [1.165, 1.54) is 11.2 Å². The van der Waals surface area contributed by atoms with Crippen LogP contribution in [0.4, 0.5) is 22.0 Å². The molecule has 0 saturated carbocycles. The Bertz CT molecular complexity index is 1010. The van der Waals surface area contributed by atoms with Crippen LogP contribution >= 0.6 is 22.9 Å². The predicted molar refractivity (Wildman–Crippen MR) is 91.7 cm³/mol. The Balaban J connectivity index is 2.06. The first kappa shape index (κ1) is 14.9. The monoisotopic (exact) mass is 360 g/mol. The number of aromatic nitrogens is 2. The van der Waals surface area contributed by atoms with Crippen molar-refractivity contribution < 1.29 is 14.7 Å².